The SMILES string of the molecule is CC1CCCC(N(C)CCC(=O)c2cccc(Cl)c2Cl)C1. The van der Waals surface area contributed by atoms with Gasteiger partial charge < -0.3 is 4.90 Å². The van der Waals surface area contributed by atoms with Crippen molar-refractivity contribution in [2.75, 3.05) is 13.6 Å². The van der Waals surface area contributed by atoms with Crippen molar-refractivity contribution in [2.45, 2.75) is 45.1 Å². The molecule has 2 atom stereocenters. The third kappa shape index (κ3) is 4.45. The highest BCUT2D eigenvalue weighted by Crippen LogP contribution is 2.28. The van der Waals surface area contributed by atoms with E-state index in [0.29, 0.717) is 28.1 Å². The van der Waals surface area contributed by atoms with Gasteiger partial charge in [0.2, 0.25) is 0 Å². The summed E-state index contributed by atoms with van der Waals surface area (Å²) in [5.74, 6) is 0.863. The van der Waals surface area contributed by atoms with Gasteiger partial charge in [0.15, 0.2) is 5.78 Å². The van der Waals surface area contributed by atoms with Crippen LogP contribution in [0.1, 0.15) is 49.4 Å². The molecule has 2 rings (SSSR count). The third-order valence-electron chi connectivity index (χ3n) is 4.48. The standard InChI is InChI=1S/C17H23Cl2NO/c1-12-5-3-6-13(11-12)20(2)10-9-16(21)14-7-4-8-15(18)17(14)19/h4,7-8,12-13H,3,5-6,9-11H2,1-2H3. The number of Topliss-reactive ketones (excluding diaryl/α,β-unsaturated/α-hetero) is 1. The van der Waals surface area contributed by atoms with Gasteiger partial charge in [0.1, 0.15) is 0 Å². The van der Waals surface area contributed by atoms with Crippen LogP contribution in [0.3, 0.4) is 0 Å². The fourth-order valence-electron chi connectivity index (χ4n) is 3.12. The third-order valence-corrected chi connectivity index (χ3v) is 5.29. The maximum atomic E-state index is 12.3. The average molecular weight is 328 g/mol. The number of carbonyl (C=O) groups is 1. The van der Waals surface area contributed by atoms with Gasteiger partial charge in [-0.25, -0.2) is 0 Å². The molecule has 1 saturated carbocycles. The van der Waals surface area contributed by atoms with E-state index in [2.05, 4.69) is 18.9 Å². The fraction of sp³-hybridized carbons (Fsp3) is 0.588. The van der Waals surface area contributed by atoms with Crippen molar-refractivity contribution in [3.8, 4) is 0 Å². The van der Waals surface area contributed by atoms with Gasteiger partial charge in [0.05, 0.1) is 10.0 Å². The molecule has 21 heavy (non-hydrogen) atoms. The molecule has 0 spiro atoms. The molecule has 1 aromatic rings. The van der Waals surface area contributed by atoms with Crippen LogP contribution in [-0.2, 0) is 0 Å². The monoisotopic (exact) mass is 327 g/mol. The Kier molecular flexibility index (Phi) is 6.09. The highest BCUT2D eigenvalue weighted by atomic mass is 35.5. The molecule has 0 radical (unpaired) electrons. The maximum Gasteiger partial charge on any atom is 0.165 e. The molecule has 0 saturated heterocycles. The van der Waals surface area contributed by atoms with Crippen LogP contribution in [-0.4, -0.2) is 30.3 Å². The molecule has 1 aliphatic carbocycles. The van der Waals surface area contributed by atoms with Gasteiger partial charge in [-0.3, -0.25) is 4.79 Å². The van der Waals surface area contributed by atoms with Crippen LogP contribution in [0.15, 0.2) is 18.2 Å². The Labute approximate surface area is 137 Å². The molecule has 1 aliphatic rings. The van der Waals surface area contributed by atoms with E-state index in [9.17, 15) is 4.79 Å². The van der Waals surface area contributed by atoms with Crippen molar-refractivity contribution in [1.29, 1.82) is 0 Å². The first kappa shape index (κ1) is 16.8. The number of halogens is 2. The first-order valence-electron chi connectivity index (χ1n) is 7.66. The molecule has 4 heteroatoms. The van der Waals surface area contributed by atoms with Gasteiger partial charge in [0, 0.05) is 24.6 Å². The molecule has 0 aliphatic heterocycles. The summed E-state index contributed by atoms with van der Waals surface area (Å²) in [6, 6.07) is 5.83. The second-order valence-corrected chi connectivity index (χ2v) is 6.97. The van der Waals surface area contributed by atoms with Crippen LogP contribution in [0.2, 0.25) is 10.0 Å². The highest BCUT2D eigenvalue weighted by molar-refractivity contribution is 6.43. The summed E-state index contributed by atoms with van der Waals surface area (Å²) in [7, 11) is 2.12. The van der Waals surface area contributed by atoms with E-state index in [0.717, 1.165) is 12.5 Å². The lowest BCUT2D eigenvalue weighted by Gasteiger charge is -2.34. The van der Waals surface area contributed by atoms with Crippen molar-refractivity contribution < 1.29 is 4.79 Å². The van der Waals surface area contributed by atoms with Crippen LogP contribution < -0.4 is 0 Å². The summed E-state index contributed by atoms with van der Waals surface area (Å²) < 4.78 is 0. The van der Waals surface area contributed by atoms with E-state index < -0.39 is 0 Å². The molecule has 1 aromatic carbocycles. The van der Waals surface area contributed by atoms with Gasteiger partial charge in [-0.2, -0.15) is 0 Å². The van der Waals surface area contributed by atoms with Gasteiger partial charge in [0.25, 0.3) is 0 Å². The maximum absolute atomic E-state index is 12.3. The van der Waals surface area contributed by atoms with E-state index in [1.54, 1.807) is 18.2 Å². The molecule has 2 unspecified atom stereocenters. The zero-order chi connectivity index (χ0) is 15.4. The number of carbonyl (C=O) groups excluding carboxylic acids is 1. The first-order valence-corrected chi connectivity index (χ1v) is 8.42. The number of hydrogen-bond donors (Lipinski definition) is 0. The summed E-state index contributed by atoms with van der Waals surface area (Å²) in [6.07, 6.45) is 5.60. The number of nitrogens with zero attached hydrogens (tertiary/aromatic N) is 1. The second-order valence-electron chi connectivity index (χ2n) is 6.18. The lowest BCUT2D eigenvalue weighted by molar-refractivity contribution is 0.0945. The second kappa shape index (κ2) is 7.62. The van der Waals surface area contributed by atoms with Crippen molar-refractivity contribution in [3.05, 3.63) is 33.8 Å². The Morgan fingerprint density at radius 1 is 1.33 bits per heavy atom. The predicted molar refractivity (Wildman–Crippen MR) is 89.5 cm³/mol. The van der Waals surface area contributed by atoms with Crippen LogP contribution in [0.5, 0.6) is 0 Å². The summed E-state index contributed by atoms with van der Waals surface area (Å²) in [6.45, 7) is 3.09. The van der Waals surface area contributed by atoms with Crippen molar-refractivity contribution in [1.82, 2.24) is 4.90 Å². The molecule has 1 fully saturated rings. The molecule has 116 valence electrons. The summed E-state index contributed by atoms with van der Waals surface area (Å²) in [5.41, 5.74) is 0.537. The van der Waals surface area contributed by atoms with E-state index in [1.165, 1.54) is 25.7 Å². The van der Waals surface area contributed by atoms with Gasteiger partial charge in [-0.1, -0.05) is 49.0 Å². The van der Waals surface area contributed by atoms with Gasteiger partial charge in [-0.05, 0) is 37.9 Å². The number of rotatable bonds is 5. The number of ketones is 1. The zero-order valence-electron chi connectivity index (χ0n) is 12.7. The molecule has 0 heterocycles. The summed E-state index contributed by atoms with van der Waals surface area (Å²) >= 11 is 12.1. The van der Waals surface area contributed by atoms with Gasteiger partial charge in [-0.15, -0.1) is 0 Å². The quantitative estimate of drug-likeness (QED) is 0.703. The van der Waals surface area contributed by atoms with Gasteiger partial charge >= 0.3 is 0 Å². The molecular formula is C17H23Cl2NO. The van der Waals surface area contributed by atoms with Crippen LogP contribution in [0.25, 0.3) is 0 Å². The number of hydrogen-bond acceptors (Lipinski definition) is 2. The summed E-state index contributed by atoms with van der Waals surface area (Å²) in [5, 5.41) is 0.815. The van der Waals surface area contributed by atoms with Crippen LogP contribution in [0, 0.1) is 5.92 Å². The van der Waals surface area contributed by atoms with E-state index in [1.807, 2.05) is 0 Å². The minimum Gasteiger partial charge on any atom is -0.303 e. The van der Waals surface area contributed by atoms with Crippen molar-refractivity contribution in [2.24, 2.45) is 5.92 Å². The lowest BCUT2D eigenvalue weighted by Crippen LogP contribution is -2.36. The first-order chi connectivity index (χ1) is 9.99. The van der Waals surface area contributed by atoms with E-state index in [4.69, 9.17) is 23.2 Å². The highest BCUT2D eigenvalue weighted by Gasteiger charge is 2.23. The van der Waals surface area contributed by atoms with E-state index >= 15 is 0 Å². The smallest absolute Gasteiger partial charge is 0.165 e. The predicted octanol–water partition coefficient (Wildman–Crippen LogP) is 5.08. The largest absolute Gasteiger partial charge is 0.303 e. The molecule has 0 N–H and O–H groups in total. The van der Waals surface area contributed by atoms with Crippen LogP contribution >= 0.6 is 23.2 Å². The Hall–Kier alpha value is -0.570. The van der Waals surface area contributed by atoms with E-state index in [-0.39, 0.29) is 5.78 Å². The number of benzene rings is 1. The topological polar surface area (TPSA) is 20.3 Å². The zero-order valence-corrected chi connectivity index (χ0v) is 14.3. The Balaban J connectivity index is 1.90. The minimum atomic E-state index is 0.0678. The molecular weight excluding hydrogens is 305 g/mol. The van der Waals surface area contributed by atoms with Crippen molar-refractivity contribution in [3.63, 3.8) is 0 Å². The Morgan fingerprint density at radius 3 is 2.81 bits per heavy atom. The lowest BCUT2D eigenvalue weighted by atomic mass is 9.86. The Morgan fingerprint density at radius 2 is 2.10 bits per heavy atom. The summed E-state index contributed by atoms with van der Waals surface area (Å²) in [4.78, 5) is 14.6. The molecule has 0 aromatic heterocycles. The van der Waals surface area contributed by atoms with Crippen LogP contribution in [0.4, 0.5) is 0 Å². The molecule has 0 amide bonds. The van der Waals surface area contributed by atoms with Crippen molar-refractivity contribution >= 4 is 29.0 Å². The Bertz CT molecular complexity index is 504. The average Bonchev–Trinajstić information content (AvgIpc) is 2.47. The molecule has 2 nitrogen and oxygen atoms in total. The molecule has 0 bridgehead atoms. The normalized spacial score (nSPS) is 22.5. The fourth-order valence-corrected chi connectivity index (χ4v) is 3.52. The minimum absolute atomic E-state index is 0.0678.